The first-order valence-corrected chi connectivity index (χ1v) is 10.6. The molecule has 0 saturated heterocycles. The molecule has 8 heteroatoms. The van der Waals surface area contributed by atoms with E-state index in [-0.39, 0.29) is 28.2 Å². The molecule has 0 saturated carbocycles. The summed E-state index contributed by atoms with van der Waals surface area (Å²) in [5, 5.41) is 18.2. The third-order valence-electron chi connectivity index (χ3n) is 5.45. The van der Waals surface area contributed by atoms with Crippen LogP contribution >= 0.6 is 0 Å². The maximum absolute atomic E-state index is 13.2. The molecule has 0 atom stereocenters. The Morgan fingerprint density at radius 3 is 2.00 bits per heavy atom. The summed E-state index contributed by atoms with van der Waals surface area (Å²) in [6.07, 6.45) is 0. The Labute approximate surface area is 195 Å². The Hall–Kier alpha value is -4.59. The summed E-state index contributed by atoms with van der Waals surface area (Å²) in [6.45, 7) is 5.54. The highest BCUT2D eigenvalue weighted by Crippen LogP contribution is 2.28. The van der Waals surface area contributed by atoms with Gasteiger partial charge in [-0.3, -0.25) is 19.7 Å². The zero-order valence-electron chi connectivity index (χ0n) is 18.9. The third kappa shape index (κ3) is 4.47. The van der Waals surface area contributed by atoms with Crippen molar-refractivity contribution < 1.29 is 9.72 Å². The van der Waals surface area contributed by atoms with Crippen molar-refractivity contribution in [1.29, 1.82) is 0 Å². The van der Waals surface area contributed by atoms with Gasteiger partial charge in [0.05, 0.1) is 16.2 Å². The second-order valence-electron chi connectivity index (χ2n) is 8.01. The number of hydrogen-bond donors (Lipinski definition) is 1. The standard InChI is InChI=1S/C26H22N4O4/c1-16-4-8-19(9-5-16)23-24(31)18(3)28-29(21-12-6-17(2)7-13-21)25(23)27-26(32)20-10-14-22(15-11-20)30(33)34/h4-15H,1-3H3,(H,27,32). The Balaban J connectivity index is 1.90. The van der Waals surface area contributed by atoms with Crippen LogP contribution in [0.2, 0.25) is 0 Å². The van der Waals surface area contributed by atoms with E-state index in [4.69, 9.17) is 0 Å². The number of nitrogens with zero attached hydrogens (tertiary/aromatic N) is 3. The first kappa shape index (κ1) is 22.6. The van der Waals surface area contributed by atoms with E-state index < -0.39 is 10.8 Å². The number of nitrogens with one attached hydrogen (secondary N) is 1. The molecule has 1 heterocycles. The van der Waals surface area contributed by atoms with E-state index >= 15 is 0 Å². The maximum Gasteiger partial charge on any atom is 0.269 e. The summed E-state index contributed by atoms with van der Waals surface area (Å²) in [5.41, 5.74) is 3.78. The molecule has 4 rings (SSSR count). The van der Waals surface area contributed by atoms with E-state index in [2.05, 4.69) is 10.4 Å². The number of amides is 1. The van der Waals surface area contributed by atoms with Crippen LogP contribution in [0.4, 0.5) is 11.5 Å². The summed E-state index contributed by atoms with van der Waals surface area (Å²) in [5.74, 6) is -0.305. The Morgan fingerprint density at radius 2 is 1.44 bits per heavy atom. The predicted octanol–water partition coefficient (Wildman–Crippen LogP) is 4.99. The van der Waals surface area contributed by atoms with Crippen LogP contribution in [0.3, 0.4) is 0 Å². The van der Waals surface area contributed by atoms with Gasteiger partial charge in [0, 0.05) is 17.7 Å². The van der Waals surface area contributed by atoms with Gasteiger partial charge in [-0.05, 0) is 50.6 Å². The van der Waals surface area contributed by atoms with Crippen molar-refractivity contribution in [2.45, 2.75) is 20.8 Å². The normalized spacial score (nSPS) is 10.7. The molecule has 0 fully saturated rings. The van der Waals surface area contributed by atoms with Crippen LogP contribution in [0.25, 0.3) is 16.8 Å². The zero-order chi connectivity index (χ0) is 24.4. The smallest absolute Gasteiger partial charge is 0.269 e. The van der Waals surface area contributed by atoms with E-state index in [9.17, 15) is 19.7 Å². The number of non-ortho nitro benzene ring substituents is 1. The van der Waals surface area contributed by atoms with Gasteiger partial charge in [0.1, 0.15) is 11.5 Å². The molecule has 3 aromatic carbocycles. The molecule has 1 aromatic heterocycles. The van der Waals surface area contributed by atoms with Gasteiger partial charge in [-0.25, -0.2) is 4.68 Å². The number of carbonyl (C=O) groups excluding carboxylic acids is 1. The van der Waals surface area contributed by atoms with Crippen LogP contribution < -0.4 is 10.7 Å². The number of benzene rings is 3. The maximum atomic E-state index is 13.2. The molecular formula is C26H22N4O4. The number of carbonyl (C=O) groups is 1. The molecule has 1 amide bonds. The second-order valence-corrected chi connectivity index (χ2v) is 8.01. The molecule has 8 nitrogen and oxygen atoms in total. The molecule has 0 unspecified atom stereocenters. The predicted molar refractivity (Wildman–Crippen MR) is 131 cm³/mol. The minimum Gasteiger partial charge on any atom is -0.306 e. The fraction of sp³-hybridized carbons (Fsp3) is 0.115. The Morgan fingerprint density at radius 1 is 0.882 bits per heavy atom. The van der Waals surface area contributed by atoms with Crippen molar-refractivity contribution in [2.75, 3.05) is 5.32 Å². The van der Waals surface area contributed by atoms with Crippen LogP contribution in [0.5, 0.6) is 0 Å². The van der Waals surface area contributed by atoms with E-state index in [0.29, 0.717) is 16.8 Å². The quantitative estimate of drug-likeness (QED) is 0.338. The topological polar surface area (TPSA) is 107 Å². The van der Waals surface area contributed by atoms with Gasteiger partial charge in [0.2, 0.25) is 5.43 Å². The number of nitro benzene ring substituents is 1. The van der Waals surface area contributed by atoms with Crippen LogP contribution in [0, 0.1) is 30.9 Å². The number of nitro groups is 1. The van der Waals surface area contributed by atoms with Gasteiger partial charge in [0.25, 0.3) is 11.6 Å². The second kappa shape index (κ2) is 9.11. The fourth-order valence-corrected chi connectivity index (χ4v) is 3.53. The van der Waals surface area contributed by atoms with Crippen molar-refractivity contribution in [3.8, 4) is 16.8 Å². The van der Waals surface area contributed by atoms with E-state index in [1.807, 2.05) is 62.4 Å². The summed E-state index contributed by atoms with van der Waals surface area (Å²) in [6, 6.07) is 20.2. The summed E-state index contributed by atoms with van der Waals surface area (Å²) in [7, 11) is 0. The van der Waals surface area contributed by atoms with Crippen molar-refractivity contribution >= 4 is 17.4 Å². The molecule has 4 aromatic rings. The van der Waals surface area contributed by atoms with Gasteiger partial charge >= 0.3 is 0 Å². The Bertz CT molecular complexity index is 1440. The van der Waals surface area contributed by atoms with Crippen molar-refractivity contribution in [3.63, 3.8) is 0 Å². The molecule has 0 spiro atoms. The molecular weight excluding hydrogens is 432 g/mol. The van der Waals surface area contributed by atoms with Crippen molar-refractivity contribution in [2.24, 2.45) is 0 Å². The molecule has 0 aliphatic rings. The van der Waals surface area contributed by atoms with Crippen LogP contribution in [0.1, 0.15) is 27.2 Å². The van der Waals surface area contributed by atoms with E-state index in [1.54, 1.807) is 6.92 Å². The first-order valence-electron chi connectivity index (χ1n) is 10.6. The lowest BCUT2D eigenvalue weighted by atomic mass is 10.0. The van der Waals surface area contributed by atoms with Crippen LogP contribution in [-0.4, -0.2) is 20.6 Å². The fourth-order valence-electron chi connectivity index (χ4n) is 3.53. The van der Waals surface area contributed by atoms with E-state index in [0.717, 1.165) is 11.1 Å². The lowest BCUT2D eigenvalue weighted by Gasteiger charge is -2.18. The molecule has 0 aliphatic heterocycles. The Kier molecular flexibility index (Phi) is 6.05. The highest BCUT2D eigenvalue weighted by molar-refractivity contribution is 6.06. The molecule has 0 radical (unpaired) electrons. The van der Waals surface area contributed by atoms with Gasteiger partial charge < -0.3 is 5.32 Å². The van der Waals surface area contributed by atoms with Gasteiger partial charge in [-0.15, -0.1) is 0 Å². The molecule has 34 heavy (non-hydrogen) atoms. The average Bonchev–Trinajstić information content (AvgIpc) is 2.83. The van der Waals surface area contributed by atoms with Gasteiger partial charge in [-0.2, -0.15) is 5.10 Å². The summed E-state index contributed by atoms with van der Waals surface area (Å²) >= 11 is 0. The monoisotopic (exact) mass is 454 g/mol. The third-order valence-corrected chi connectivity index (χ3v) is 5.45. The average molecular weight is 454 g/mol. The van der Waals surface area contributed by atoms with Crippen LogP contribution in [0.15, 0.2) is 77.6 Å². The highest BCUT2D eigenvalue weighted by atomic mass is 16.6. The van der Waals surface area contributed by atoms with Gasteiger partial charge in [-0.1, -0.05) is 47.5 Å². The van der Waals surface area contributed by atoms with Crippen molar-refractivity contribution in [1.82, 2.24) is 9.78 Å². The molecule has 1 N–H and O–H groups in total. The summed E-state index contributed by atoms with van der Waals surface area (Å²) in [4.78, 5) is 36.8. The molecule has 170 valence electrons. The highest BCUT2D eigenvalue weighted by Gasteiger charge is 2.21. The summed E-state index contributed by atoms with van der Waals surface area (Å²) < 4.78 is 1.54. The lowest BCUT2D eigenvalue weighted by molar-refractivity contribution is -0.384. The number of hydrogen-bond acceptors (Lipinski definition) is 5. The van der Waals surface area contributed by atoms with E-state index in [1.165, 1.54) is 28.9 Å². The molecule has 0 bridgehead atoms. The van der Waals surface area contributed by atoms with Crippen LogP contribution in [-0.2, 0) is 0 Å². The molecule has 0 aliphatic carbocycles. The van der Waals surface area contributed by atoms with Gasteiger partial charge in [0.15, 0.2) is 0 Å². The van der Waals surface area contributed by atoms with Crippen molar-refractivity contribution in [3.05, 3.63) is 116 Å². The minimum absolute atomic E-state index is 0.120. The minimum atomic E-state index is -0.532. The number of aromatic nitrogens is 2. The zero-order valence-corrected chi connectivity index (χ0v) is 18.9. The SMILES string of the molecule is Cc1ccc(-c2c(NC(=O)c3ccc([N+](=O)[O-])cc3)n(-c3ccc(C)cc3)nc(C)c2=O)cc1. The number of aryl methyl sites for hydroxylation is 3. The lowest BCUT2D eigenvalue weighted by Crippen LogP contribution is -2.25. The number of anilines is 1. The first-order chi connectivity index (χ1) is 16.2. The number of rotatable bonds is 5. The largest absolute Gasteiger partial charge is 0.306 e.